The normalized spacial score (nSPS) is 43.8. The van der Waals surface area contributed by atoms with E-state index in [-0.39, 0.29) is 11.2 Å². The van der Waals surface area contributed by atoms with Crippen LogP contribution in [0.25, 0.3) is 0 Å². The number of carbonyl (C=O) groups excluding carboxylic acids is 1. The van der Waals surface area contributed by atoms with Crippen molar-refractivity contribution in [2.45, 2.75) is 44.3 Å². The maximum atomic E-state index is 11.3. The molecule has 3 heteroatoms. The molecule has 3 aliphatic rings. The van der Waals surface area contributed by atoms with Crippen molar-refractivity contribution in [1.82, 2.24) is 0 Å². The summed E-state index contributed by atoms with van der Waals surface area (Å²) in [5.41, 5.74) is 0. The molecule has 2 aliphatic carbocycles. The summed E-state index contributed by atoms with van der Waals surface area (Å²) in [6.45, 7) is 1.96. The van der Waals surface area contributed by atoms with Crippen molar-refractivity contribution in [2.24, 2.45) is 22.7 Å². The van der Waals surface area contributed by atoms with Crippen LogP contribution in [0.5, 0.6) is 0 Å². The van der Waals surface area contributed by atoms with Crippen molar-refractivity contribution >= 4 is 22.7 Å². The second kappa shape index (κ2) is 3.62. The summed E-state index contributed by atoms with van der Waals surface area (Å²) >= 11 is 1.69. The molecule has 0 aromatic heterocycles. The number of carbonyl (C=O) groups is 1. The van der Waals surface area contributed by atoms with Gasteiger partial charge in [0.2, 0.25) is 0 Å². The zero-order valence-electron chi connectivity index (χ0n) is 9.11. The van der Waals surface area contributed by atoms with E-state index >= 15 is 0 Å². The lowest BCUT2D eigenvalue weighted by Crippen LogP contribution is -2.13. The third-order valence-electron chi connectivity index (χ3n) is 4.22. The number of aliphatic imine (C=N–C) groups is 1. The van der Waals surface area contributed by atoms with Gasteiger partial charge in [-0.1, -0.05) is 18.2 Å². The third-order valence-corrected chi connectivity index (χ3v) is 5.30. The predicted molar refractivity (Wildman–Crippen MR) is 63.1 cm³/mol. The summed E-state index contributed by atoms with van der Waals surface area (Å²) in [4.78, 5) is 15.5. The van der Waals surface area contributed by atoms with Crippen LogP contribution in [0.15, 0.2) is 4.99 Å². The average Bonchev–Trinajstić information content (AvgIpc) is 2.84. The predicted octanol–water partition coefficient (Wildman–Crippen LogP) is 2.87. The first-order valence-corrected chi connectivity index (χ1v) is 6.88. The summed E-state index contributed by atoms with van der Waals surface area (Å²) in [5.74, 6) is 2.87. The van der Waals surface area contributed by atoms with Gasteiger partial charge >= 0.3 is 0 Å². The van der Waals surface area contributed by atoms with Crippen LogP contribution in [0.2, 0.25) is 0 Å². The van der Waals surface area contributed by atoms with Crippen LogP contribution in [-0.4, -0.2) is 16.2 Å². The highest BCUT2D eigenvalue weighted by atomic mass is 32.2. The number of hydrogen-bond acceptors (Lipinski definition) is 2. The topological polar surface area (TPSA) is 29.4 Å². The van der Waals surface area contributed by atoms with Crippen LogP contribution in [0.1, 0.15) is 39.0 Å². The fourth-order valence-corrected chi connectivity index (χ4v) is 4.45. The molecule has 0 aromatic rings. The Morgan fingerprint density at radius 1 is 1.40 bits per heavy atom. The van der Waals surface area contributed by atoms with Gasteiger partial charge in [0, 0.05) is 0 Å². The third kappa shape index (κ3) is 1.75. The molecule has 1 amide bonds. The van der Waals surface area contributed by atoms with Gasteiger partial charge in [-0.2, -0.15) is 0 Å². The van der Waals surface area contributed by atoms with Crippen molar-refractivity contribution < 1.29 is 4.79 Å². The van der Waals surface area contributed by atoms with Crippen molar-refractivity contribution in [3.05, 3.63) is 0 Å². The van der Waals surface area contributed by atoms with Gasteiger partial charge in [0.25, 0.3) is 5.91 Å². The number of fused-ring (bicyclic) bond motifs is 2. The molecule has 2 fully saturated rings. The van der Waals surface area contributed by atoms with Crippen molar-refractivity contribution in [2.75, 3.05) is 0 Å². The molecule has 1 aliphatic heterocycles. The van der Waals surface area contributed by atoms with Crippen LogP contribution in [-0.2, 0) is 4.79 Å². The quantitative estimate of drug-likeness (QED) is 0.720. The maximum Gasteiger partial charge on any atom is 0.259 e. The van der Waals surface area contributed by atoms with Crippen molar-refractivity contribution in [3.8, 4) is 0 Å². The first-order valence-electron chi connectivity index (χ1n) is 6.00. The Hall–Kier alpha value is -0.310. The fourth-order valence-electron chi connectivity index (χ4n) is 3.44. The lowest BCUT2D eigenvalue weighted by molar-refractivity contribution is -0.116. The molecule has 0 spiro atoms. The molecule has 0 aromatic carbocycles. The minimum atomic E-state index is 0.0816. The van der Waals surface area contributed by atoms with E-state index in [9.17, 15) is 4.79 Å². The van der Waals surface area contributed by atoms with Gasteiger partial charge in [-0.15, -0.1) is 0 Å². The number of thioether (sulfide) groups is 1. The van der Waals surface area contributed by atoms with Crippen molar-refractivity contribution in [1.29, 1.82) is 0 Å². The summed E-state index contributed by atoms with van der Waals surface area (Å²) in [6, 6.07) is 0. The van der Waals surface area contributed by atoms with E-state index in [0.29, 0.717) is 0 Å². The lowest BCUT2D eigenvalue weighted by Gasteiger charge is -2.20. The largest absolute Gasteiger partial charge is 0.271 e. The molecule has 2 nitrogen and oxygen atoms in total. The van der Waals surface area contributed by atoms with E-state index in [4.69, 9.17) is 0 Å². The van der Waals surface area contributed by atoms with E-state index in [2.05, 4.69) is 4.99 Å². The molecule has 4 atom stereocenters. The van der Waals surface area contributed by atoms with E-state index in [1.165, 1.54) is 25.7 Å². The van der Waals surface area contributed by atoms with Gasteiger partial charge in [-0.05, 0) is 50.4 Å². The van der Waals surface area contributed by atoms with E-state index < -0.39 is 0 Å². The Morgan fingerprint density at radius 2 is 2.27 bits per heavy atom. The highest BCUT2D eigenvalue weighted by Gasteiger charge is 2.40. The lowest BCUT2D eigenvalue weighted by atomic mass is 9.87. The fraction of sp³-hybridized carbons (Fsp3) is 0.833. The molecular weight excluding hydrogens is 206 g/mol. The SMILES string of the molecule is CC1SC(C[C@H]2C[C@@H]3CC[C@H]2C3)=NC1=O. The smallest absolute Gasteiger partial charge is 0.259 e. The van der Waals surface area contributed by atoms with Gasteiger partial charge in [-0.25, -0.2) is 4.99 Å². The Labute approximate surface area is 94.9 Å². The molecule has 82 valence electrons. The zero-order chi connectivity index (χ0) is 10.4. The highest BCUT2D eigenvalue weighted by molar-refractivity contribution is 8.15. The van der Waals surface area contributed by atoms with Gasteiger partial charge in [0.1, 0.15) is 0 Å². The average molecular weight is 223 g/mol. The molecule has 0 radical (unpaired) electrons. The van der Waals surface area contributed by atoms with Crippen LogP contribution in [0.3, 0.4) is 0 Å². The van der Waals surface area contributed by atoms with E-state index in [1.807, 2.05) is 6.92 Å². The number of rotatable bonds is 2. The van der Waals surface area contributed by atoms with Gasteiger partial charge in [0.05, 0.1) is 10.3 Å². The van der Waals surface area contributed by atoms with Crippen LogP contribution in [0.4, 0.5) is 0 Å². The van der Waals surface area contributed by atoms with Crippen LogP contribution >= 0.6 is 11.8 Å². The summed E-state index contributed by atoms with van der Waals surface area (Å²) in [6.07, 6.45) is 6.81. The zero-order valence-corrected chi connectivity index (χ0v) is 9.93. The first-order chi connectivity index (χ1) is 7.22. The molecular formula is C12H17NOS. The Kier molecular flexibility index (Phi) is 2.38. The molecule has 3 rings (SSSR count). The molecule has 0 N–H and O–H groups in total. The van der Waals surface area contributed by atoms with E-state index in [0.717, 1.165) is 29.2 Å². The van der Waals surface area contributed by atoms with Crippen molar-refractivity contribution in [3.63, 3.8) is 0 Å². The monoisotopic (exact) mass is 223 g/mol. The summed E-state index contributed by atoms with van der Waals surface area (Å²) in [5, 5.41) is 1.20. The molecule has 1 heterocycles. The Balaban J connectivity index is 1.63. The highest BCUT2D eigenvalue weighted by Crippen LogP contribution is 2.50. The van der Waals surface area contributed by atoms with Gasteiger partial charge in [0.15, 0.2) is 0 Å². The minimum absolute atomic E-state index is 0.0816. The van der Waals surface area contributed by atoms with Gasteiger partial charge in [-0.3, -0.25) is 4.79 Å². The maximum absolute atomic E-state index is 11.3. The molecule has 2 bridgehead atoms. The molecule has 2 saturated carbocycles. The summed E-state index contributed by atoms with van der Waals surface area (Å²) < 4.78 is 0. The molecule has 1 unspecified atom stereocenters. The van der Waals surface area contributed by atoms with Crippen LogP contribution < -0.4 is 0 Å². The minimum Gasteiger partial charge on any atom is -0.271 e. The number of nitrogens with zero attached hydrogens (tertiary/aromatic N) is 1. The van der Waals surface area contributed by atoms with E-state index in [1.54, 1.807) is 11.8 Å². The Bertz CT molecular complexity index is 326. The first kappa shape index (κ1) is 9.88. The summed E-state index contributed by atoms with van der Waals surface area (Å²) in [7, 11) is 0. The second-order valence-corrected chi connectivity index (χ2v) is 6.66. The molecule has 0 saturated heterocycles. The van der Waals surface area contributed by atoms with Gasteiger partial charge < -0.3 is 0 Å². The standard InChI is InChI=1S/C12H17NOS/c1-7-12(14)13-11(15-7)6-10-5-8-2-3-9(10)4-8/h7-10H,2-6H2,1H3/t7?,8-,9+,10-/m1/s1. The second-order valence-electron chi connectivity index (χ2n) is 5.24. The molecule has 15 heavy (non-hydrogen) atoms. The van der Waals surface area contributed by atoms with Crippen LogP contribution in [0, 0.1) is 17.8 Å². The Morgan fingerprint density at radius 3 is 2.80 bits per heavy atom. The number of amides is 1. The number of hydrogen-bond donors (Lipinski definition) is 0.